The van der Waals surface area contributed by atoms with Gasteiger partial charge in [-0.2, -0.15) is 0 Å². The number of ether oxygens (including phenoxy) is 1. The fourth-order valence-corrected chi connectivity index (χ4v) is 2.69. The maximum Gasteiger partial charge on any atom is 0.407 e. The third-order valence-corrected chi connectivity index (χ3v) is 3.51. The summed E-state index contributed by atoms with van der Waals surface area (Å²) in [6.07, 6.45) is 0.954. The van der Waals surface area contributed by atoms with Crippen molar-refractivity contribution in [2.75, 3.05) is 19.6 Å². The highest BCUT2D eigenvalue weighted by Crippen LogP contribution is 2.42. The summed E-state index contributed by atoms with van der Waals surface area (Å²) in [5.74, 6) is 2.27. The lowest BCUT2D eigenvalue weighted by Crippen LogP contribution is -2.44. The van der Waals surface area contributed by atoms with Crippen LogP contribution in [0.3, 0.4) is 0 Å². The van der Waals surface area contributed by atoms with Gasteiger partial charge in [-0.1, -0.05) is 0 Å². The number of carbonyl (C=O) groups is 1. The molecule has 1 aliphatic heterocycles. The Morgan fingerprint density at radius 1 is 1.44 bits per heavy atom. The fraction of sp³-hybridized carbons (Fsp3) is 0.917. The number of carbonyl (C=O) groups excluding carboxylic acids is 1. The molecule has 2 aliphatic rings. The van der Waals surface area contributed by atoms with Crippen molar-refractivity contribution in [3.63, 3.8) is 0 Å². The van der Waals surface area contributed by atoms with Gasteiger partial charge in [-0.3, -0.25) is 0 Å². The maximum atomic E-state index is 11.4. The minimum Gasteiger partial charge on any atom is -0.444 e. The second-order valence-electron chi connectivity index (χ2n) is 5.96. The van der Waals surface area contributed by atoms with Crippen LogP contribution in [-0.2, 0) is 4.74 Å². The molecule has 0 aromatic heterocycles. The first-order valence-electron chi connectivity index (χ1n) is 6.13. The molecule has 0 bridgehead atoms. The molecular formula is C12H22N2O2. The highest BCUT2D eigenvalue weighted by molar-refractivity contribution is 5.67. The topological polar surface area (TPSA) is 50.4 Å². The second kappa shape index (κ2) is 4.24. The molecule has 2 rings (SSSR count). The van der Waals surface area contributed by atoms with E-state index in [-0.39, 0.29) is 6.09 Å². The first-order chi connectivity index (χ1) is 7.46. The molecular weight excluding hydrogens is 204 g/mol. The van der Waals surface area contributed by atoms with Crippen LogP contribution < -0.4 is 10.6 Å². The molecule has 1 heterocycles. The third kappa shape index (κ3) is 2.67. The second-order valence-corrected chi connectivity index (χ2v) is 5.96. The van der Waals surface area contributed by atoms with Crippen molar-refractivity contribution in [3.05, 3.63) is 0 Å². The molecule has 3 atom stereocenters. The lowest BCUT2D eigenvalue weighted by atomic mass is 9.67. The van der Waals surface area contributed by atoms with Crippen molar-refractivity contribution in [3.8, 4) is 0 Å². The van der Waals surface area contributed by atoms with E-state index in [1.807, 2.05) is 20.8 Å². The van der Waals surface area contributed by atoms with Crippen LogP contribution in [0.4, 0.5) is 4.79 Å². The first-order valence-corrected chi connectivity index (χ1v) is 6.13. The molecule has 2 fully saturated rings. The number of hydrogen-bond donors (Lipinski definition) is 2. The van der Waals surface area contributed by atoms with E-state index in [0.29, 0.717) is 5.92 Å². The lowest BCUT2D eigenvalue weighted by molar-refractivity contribution is 0.0468. The third-order valence-electron chi connectivity index (χ3n) is 3.51. The Labute approximate surface area is 97.1 Å². The first kappa shape index (κ1) is 11.7. The molecule has 0 aromatic rings. The summed E-state index contributed by atoms with van der Waals surface area (Å²) in [4.78, 5) is 11.4. The number of amides is 1. The lowest BCUT2D eigenvalue weighted by Gasteiger charge is -2.39. The van der Waals surface area contributed by atoms with E-state index in [1.165, 1.54) is 6.42 Å². The Morgan fingerprint density at radius 2 is 2.19 bits per heavy atom. The molecule has 4 nitrogen and oxygen atoms in total. The number of fused-ring (bicyclic) bond motifs is 1. The number of nitrogens with one attached hydrogen (secondary N) is 2. The highest BCUT2D eigenvalue weighted by Gasteiger charge is 2.43. The SMILES string of the molecule is CC(C)(C)OC(=O)NCC1CC2CNCC21. The van der Waals surface area contributed by atoms with E-state index >= 15 is 0 Å². The maximum absolute atomic E-state index is 11.4. The van der Waals surface area contributed by atoms with Gasteiger partial charge in [0.05, 0.1) is 0 Å². The van der Waals surface area contributed by atoms with Crippen LogP contribution in [0.1, 0.15) is 27.2 Å². The van der Waals surface area contributed by atoms with E-state index in [0.717, 1.165) is 31.5 Å². The van der Waals surface area contributed by atoms with Gasteiger partial charge in [-0.15, -0.1) is 0 Å². The van der Waals surface area contributed by atoms with Crippen molar-refractivity contribution in [1.82, 2.24) is 10.6 Å². The van der Waals surface area contributed by atoms with Crippen LogP contribution in [-0.4, -0.2) is 31.3 Å². The molecule has 3 unspecified atom stereocenters. The van der Waals surface area contributed by atoms with Crippen molar-refractivity contribution in [1.29, 1.82) is 0 Å². The van der Waals surface area contributed by atoms with E-state index in [4.69, 9.17) is 4.74 Å². The summed E-state index contributed by atoms with van der Waals surface area (Å²) in [5, 5.41) is 6.26. The molecule has 2 N–H and O–H groups in total. The Hall–Kier alpha value is -0.770. The average molecular weight is 226 g/mol. The van der Waals surface area contributed by atoms with Crippen LogP contribution in [0.15, 0.2) is 0 Å². The molecule has 1 saturated heterocycles. The van der Waals surface area contributed by atoms with Gasteiger partial charge in [0.15, 0.2) is 0 Å². The fourth-order valence-electron chi connectivity index (χ4n) is 2.69. The van der Waals surface area contributed by atoms with Crippen molar-refractivity contribution in [2.45, 2.75) is 32.8 Å². The van der Waals surface area contributed by atoms with Crippen molar-refractivity contribution < 1.29 is 9.53 Å². The molecule has 1 saturated carbocycles. The highest BCUT2D eigenvalue weighted by atomic mass is 16.6. The Kier molecular flexibility index (Phi) is 3.10. The number of hydrogen-bond acceptors (Lipinski definition) is 3. The average Bonchev–Trinajstić information content (AvgIpc) is 2.44. The summed E-state index contributed by atoms with van der Waals surface area (Å²) in [6.45, 7) is 8.68. The molecule has 0 spiro atoms. The largest absolute Gasteiger partial charge is 0.444 e. The van der Waals surface area contributed by atoms with Crippen LogP contribution in [0.5, 0.6) is 0 Å². The predicted octanol–water partition coefficient (Wildman–Crippen LogP) is 1.37. The Balaban J connectivity index is 1.66. The van der Waals surface area contributed by atoms with E-state index in [2.05, 4.69) is 10.6 Å². The normalized spacial score (nSPS) is 32.8. The van der Waals surface area contributed by atoms with Crippen LogP contribution in [0, 0.1) is 17.8 Å². The summed E-state index contributed by atoms with van der Waals surface area (Å²) < 4.78 is 5.20. The Bertz CT molecular complexity index is 273. The molecule has 0 aromatic carbocycles. The van der Waals surface area contributed by atoms with Crippen LogP contribution in [0.2, 0.25) is 0 Å². The zero-order chi connectivity index (χ0) is 11.8. The van der Waals surface area contributed by atoms with Crippen LogP contribution in [0.25, 0.3) is 0 Å². The standard InChI is InChI=1S/C12H22N2O2/c1-12(2,3)16-11(15)14-6-9-4-8-5-13-7-10(8)9/h8-10,13H,4-7H2,1-3H3,(H,14,15). The van der Waals surface area contributed by atoms with Gasteiger partial charge < -0.3 is 15.4 Å². The van der Waals surface area contributed by atoms with Crippen molar-refractivity contribution in [2.24, 2.45) is 17.8 Å². The molecule has 16 heavy (non-hydrogen) atoms. The smallest absolute Gasteiger partial charge is 0.407 e. The van der Waals surface area contributed by atoms with Gasteiger partial charge in [0.25, 0.3) is 0 Å². The zero-order valence-corrected chi connectivity index (χ0v) is 10.4. The summed E-state index contributed by atoms with van der Waals surface area (Å²) >= 11 is 0. The van der Waals surface area contributed by atoms with Gasteiger partial charge in [-0.25, -0.2) is 4.79 Å². The van der Waals surface area contributed by atoms with Crippen LogP contribution >= 0.6 is 0 Å². The van der Waals surface area contributed by atoms with Gasteiger partial charge in [0.1, 0.15) is 5.60 Å². The molecule has 92 valence electrons. The van der Waals surface area contributed by atoms with Gasteiger partial charge >= 0.3 is 6.09 Å². The molecule has 0 radical (unpaired) electrons. The van der Waals surface area contributed by atoms with E-state index in [9.17, 15) is 4.79 Å². The predicted molar refractivity (Wildman–Crippen MR) is 62.2 cm³/mol. The minimum atomic E-state index is -0.402. The number of rotatable bonds is 2. The molecule has 4 heteroatoms. The molecule has 1 amide bonds. The van der Waals surface area contributed by atoms with Crippen molar-refractivity contribution >= 4 is 6.09 Å². The summed E-state index contributed by atoms with van der Waals surface area (Å²) in [5.41, 5.74) is -0.402. The zero-order valence-electron chi connectivity index (χ0n) is 10.4. The minimum absolute atomic E-state index is 0.290. The summed E-state index contributed by atoms with van der Waals surface area (Å²) in [6, 6.07) is 0. The van der Waals surface area contributed by atoms with Gasteiger partial charge in [0, 0.05) is 6.54 Å². The monoisotopic (exact) mass is 226 g/mol. The Morgan fingerprint density at radius 3 is 2.81 bits per heavy atom. The quantitative estimate of drug-likeness (QED) is 0.747. The van der Waals surface area contributed by atoms with Gasteiger partial charge in [0.2, 0.25) is 0 Å². The summed E-state index contributed by atoms with van der Waals surface area (Å²) in [7, 11) is 0. The van der Waals surface area contributed by atoms with Gasteiger partial charge in [-0.05, 0) is 58.0 Å². The van der Waals surface area contributed by atoms with E-state index < -0.39 is 5.60 Å². The molecule has 1 aliphatic carbocycles. The van der Waals surface area contributed by atoms with E-state index in [1.54, 1.807) is 0 Å². The number of alkyl carbamates (subject to hydrolysis) is 1.